The molecule has 1 aliphatic rings. The summed E-state index contributed by atoms with van der Waals surface area (Å²) < 4.78 is 0. The zero-order valence-corrected chi connectivity index (χ0v) is 7.73. The Bertz CT molecular complexity index is 320. The largest absolute Gasteiger partial charge is 0.298 e. The highest BCUT2D eigenvalue weighted by atomic mass is 32.2. The Hall–Kier alpha value is -0.760. The smallest absolute Gasteiger partial charge is 0.150 e. The molecule has 0 N–H and O–H groups in total. The topological polar surface area (TPSA) is 17.1 Å². The minimum atomic E-state index is 0.668. The van der Waals surface area contributed by atoms with Crippen LogP contribution in [-0.4, -0.2) is 11.5 Å². The lowest BCUT2D eigenvalue weighted by Crippen LogP contribution is -1.91. The maximum atomic E-state index is 10.5. The van der Waals surface area contributed by atoms with E-state index >= 15 is 0 Å². The zero-order chi connectivity index (χ0) is 8.55. The van der Waals surface area contributed by atoms with Gasteiger partial charge in [0, 0.05) is 15.7 Å². The number of rotatable bonds is 1. The molecule has 1 nitrogen and oxygen atoms in total. The van der Waals surface area contributed by atoms with Crippen LogP contribution in [0.25, 0.3) is 0 Å². The van der Waals surface area contributed by atoms with Crippen molar-refractivity contribution in [2.75, 3.05) is 0 Å². The van der Waals surface area contributed by atoms with Crippen LogP contribution in [0.5, 0.6) is 0 Å². The van der Waals surface area contributed by atoms with E-state index in [1.54, 1.807) is 0 Å². The molecule has 0 aromatic heterocycles. The second-order valence-corrected chi connectivity index (χ2v) is 4.60. The molecule has 2 heteroatoms. The third-order valence-corrected chi connectivity index (χ3v) is 3.28. The molecule has 0 bridgehead atoms. The first-order chi connectivity index (χ1) is 5.79. The first-order valence-corrected chi connectivity index (χ1v) is 4.92. The van der Waals surface area contributed by atoms with Gasteiger partial charge in [0.25, 0.3) is 0 Å². The quantitative estimate of drug-likeness (QED) is 0.615. The number of hydrogen-bond donors (Lipinski definition) is 0. The summed E-state index contributed by atoms with van der Waals surface area (Å²) >= 11 is 1.89. The average molecular weight is 178 g/mol. The lowest BCUT2D eigenvalue weighted by Gasteiger charge is -1.96. The van der Waals surface area contributed by atoms with Crippen LogP contribution in [0.2, 0.25) is 0 Å². The molecule has 1 atom stereocenters. The summed E-state index contributed by atoms with van der Waals surface area (Å²) in [7, 11) is 0. The van der Waals surface area contributed by atoms with Crippen molar-refractivity contribution < 1.29 is 4.79 Å². The number of hydrogen-bond acceptors (Lipinski definition) is 2. The fourth-order valence-corrected chi connectivity index (χ4v) is 2.65. The van der Waals surface area contributed by atoms with Gasteiger partial charge in [-0.15, -0.1) is 11.8 Å². The lowest BCUT2D eigenvalue weighted by atomic mass is 10.1. The summed E-state index contributed by atoms with van der Waals surface area (Å²) in [6.45, 7) is 2.21. The van der Waals surface area contributed by atoms with Crippen LogP contribution in [0.3, 0.4) is 0 Å². The molecule has 1 unspecified atom stereocenters. The summed E-state index contributed by atoms with van der Waals surface area (Å²) in [5.41, 5.74) is 2.13. The van der Waals surface area contributed by atoms with Crippen molar-refractivity contribution in [2.24, 2.45) is 0 Å². The van der Waals surface area contributed by atoms with Gasteiger partial charge in [0.15, 0.2) is 0 Å². The van der Waals surface area contributed by atoms with Crippen LogP contribution in [-0.2, 0) is 6.42 Å². The highest BCUT2D eigenvalue weighted by Crippen LogP contribution is 2.36. The molecule has 12 heavy (non-hydrogen) atoms. The second-order valence-electron chi connectivity index (χ2n) is 3.12. The predicted molar refractivity (Wildman–Crippen MR) is 50.9 cm³/mol. The van der Waals surface area contributed by atoms with Crippen LogP contribution in [0.15, 0.2) is 23.1 Å². The van der Waals surface area contributed by atoms with E-state index in [-0.39, 0.29) is 0 Å². The maximum absolute atomic E-state index is 10.5. The molecule has 1 aliphatic heterocycles. The van der Waals surface area contributed by atoms with E-state index in [9.17, 15) is 4.79 Å². The van der Waals surface area contributed by atoms with E-state index in [1.807, 2.05) is 30.0 Å². The molecule has 1 heterocycles. The Kier molecular flexibility index (Phi) is 1.93. The summed E-state index contributed by atoms with van der Waals surface area (Å²) in [5, 5.41) is 0.668. The van der Waals surface area contributed by atoms with E-state index < -0.39 is 0 Å². The van der Waals surface area contributed by atoms with Crippen molar-refractivity contribution in [3.05, 3.63) is 29.3 Å². The summed E-state index contributed by atoms with van der Waals surface area (Å²) in [6, 6.07) is 5.93. The van der Waals surface area contributed by atoms with Crippen LogP contribution in [0.4, 0.5) is 0 Å². The molecule has 0 spiro atoms. The van der Waals surface area contributed by atoms with Gasteiger partial charge in [-0.25, -0.2) is 0 Å². The van der Waals surface area contributed by atoms with Gasteiger partial charge in [0.05, 0.1) is 0 Å². The molecular weight excluding hydrogens is 168 g/mol. The molecular formula is C10H10OS. The number of aldehydes is 1. The van der Waals surface area contributed by atoms with Crippen molar-refractivity contribution in [1.29, 1.82) is 0 Å². The van der Waals surface area contributed by atoms with Crippen molar-refractivity contribution in [3.63, 3.8) is 0 Å². The SMILES string of the molecule is CC1Cc2cc(C=O)ccc2S1. The summed E-state index contributed by atoms with van der Waals surface area (Å²) in [6.07, 6.45) is 2.01. The van der Waals surface area contributed by atoms with Gasteiger partial charge in [-0.1, -0.05) is 13.0 Å². The fourth-order valence-electron chi connectivity index (χ4n) is 1.52. The van der Waals surface area contributed by atoms with Crippen molar-refractivity contribution in [3.8, 4) is 0 Å². The Morgan fingerprint density at radius 3 is 3.17 bits per heavy atom. The highest BCUT2D eigenvalue weighted by Gasteiger charge is 2.17. The molecule has 0 radical (unpaired) electrons. The van der Waals surface area contributed by atoms with E-state index in [0.29, 0.717) is 5.25 Å². The normalized spacial score (nSPS) is 20.6. The number of thioether (sulfide) groups is 1. The van der Waals surface area contributed by atoms with Crippen LogP contribution in [0, 0.1) is 0 Å². The molecule has 62 valence electrons. The Balaban J connectivity index is 2.41. The number of benzene rings is 1. The standard InChI is InChI=1S/C10H10OS/c1-7-4-9-5-8(6-11)2-3-10(9)12-7/h2-3,5-7H,4H2,1H3. The monoisotopic (exact) mass is 178 g/mol. The first-order valence-electron chi connectivity index (χ1n) is 4.04. The third kappa shape index (κ3) is 1.27. The maximum Gasteiger partial charge on any atom is 0.150 e. The van der Waals surface area contributed by atoms with Crippen molar-refractivity contribution >= 4 is 18.0 Å². The molecule has 2 rings (SSSR count). The Morgan fingerprint density at radius 2 is 2.42 bits per heavy atom. The third-order valence-electron chi connectivity index (χ3n) is 2.06. The van der Waals surface area contributed by atoms with Gasteiger partial charge in [-0.3, -0.25) is 4.79 Å². The highest BCUT2D eigenvalue weighted by molar-refractivity contribution is 8.00. The Morgan fingerprint density at radius 1 is 1.58 bits per heavy atom. The minimum Gasteiger partial charge on any atom is -0.298 e. The van der Waals surface area contributed by atoms with Crippen LogP contribution >= 0.6 is 11.8 Å². The molecule has 0 aliphatic carbocycles. The number of carbonyl (C=O) groups excluding carboxylic acids is 1. The molecule has 0 fully saturated rings. The summed E-state index contributed by atoms with van der Waals surface area (Å²) in [4.78, 5) is 11.8. The van der Waals surface area contributed by atoms with Crippen molar-refractivity contribution in [1.82, 2.24) is 0 Å². The molecule has 0 saturated heterocycles. The van der Waals surface area contributed by atoms with Gasteiger partial charge in [-0.05, 0) is 24.1 Å². The van der Waals surface area contributed by atoms with Gasteiger partial charge >= 0.3 is 0 Å². The molecule has 0 amide bonds. The van der Waals surface area contributed by atoms with Crippen LogP contribution in [0.1, 0.15) is 22.8 Å². The second kappa shape index (κ2) is 2.94. The van der Waals surface area contributed by atoms with Gasteiger partial charge < -0.3 is 0 Å². The van der Waals surface area contributed by atoms with E-state index in [0.717, 1.165) is 18.3 Å². The van der Waals surface area contributed by atoms with Gasteiger partial charge in [0.2, 0.25) is 0 Å². The Labute approximate surface area is 76.2 Å². The molecule has 0 saturated carbocycles. The van der Waals surface area contributed by atoms with E-state index in [4.69, 9.17) is 0 Å². The number of carbonyl (C=O) groups is 1. The first kappa shape index (κ1) is 7.87. The van der Waals surface area contributed by atoms with Crippen molar-refractivity contribution in [2.45, 2.75) is 23.5 Å². The molecule has 1 aromatic rings. The molecule has 1 aromatic carbocycles. The minimum absolute atomic E-state index is 0.668. The van der Waals surface area contributed by atoms with E-state index in [2.05, 4.69) is 6.92 Å². The average Bonchev–Trinajstić information content (AvgIpc) is 2.43. The van der Waals surface area contributed by atoms with Gasteiger partial charge in [-0.2, -0.15) is 0 Å². The number of fused-ring (bicyclic) bond motifs is 1. The van der Waals surface area contributed by atoms with Gasteiger partial charge in [0.1, 0.15) is 6.29 Å². The lowest BCUT2D eigenvalue weighted by molar-refractivity contribution is 0.112. The predicted octanol–water partition coefficient (Wildman–Crippen LogP) is 2.54. The zero-order valence-electron chi connectivity index (χ0n) is 6.91. The fraction of sp³-hybridized carbons (Fsp3) is 0.300. The summed E-state index contributed by atoms with van der Waals surface area (Å²) in [5.74, 6) is 0. The van der Waals surface area contributed by atoms with E-state index in [1.165, 1.54) is 10.5 Å². The van der Waals surface area contributed by atoms with Crippen LogP contribution < -0.4 is 0 Å².